The third-order valence-corrected chi connectivity index (χ3v) is 5.64. The number of nitrogens with one attached hydrogen (secondary N) is 1. The highest BCUT2D eigenvalue weighted by atomic mass is 19.4. The zero-order valence-corrected chi connectivity index (χ0v) is 17.7. The minimum atomic E-state index is -4.46. The van der Waals surface area contributed by atoms with Crippen molar-refractivity contribution < 1.29 is 18.0 Å². The van der Waals surface area contributed by atoms with Gasteiger partial charge in [-0.2, -0.15) is 18.3 Å². The van der Waals surface area contributed by atoms with E-state index in [1.54, 1.807) is 6.92 Å². The Morgan fingerprint density at radius 3 is 2.25 bits per heavy atom. The first-order valence-corrected chi connectivity index (χ1v) is 10.6. The van der Waals surface area contributed by atoms with Gasteiger partial charge in [0.1, 0.15) is 0 Å². The van der Waals surface area contributed by atoms with Crippen molar-refractivity contribution in [3.63, 3.8) is 0 Å². The number of hydrogen-bond acceptors (Lipinski definition) is 4. The number of hydrogen-bond donors (Lipinski definition) is 1. The molecule has 3 heterocycles. The van der Waals surface area contributed by atoms with E-state index in [1.807, 2.05) is 24.3 Å². The molecule has 1 amide bonds. The quantitative estimate of drug-likeness (QED) is 0.600. The van der Waals surface area contributed by atoms with Crippen LogP contribution < -0.4 is 10.2 Å². The summed E-state index contributed by atoms with van der Waals surface area (Å²) in [5, 5.41) is 6.99. The maximum absolute atomic E-state index is 12.8. The second-order valence-corrected chi connectivity index (χ2v) is 7.86. The number of alkyl halides is 3. The number of carbonyl (C=O) groups is 1. The number of amides is 1. The van der Waals surface area contributed by atoms with Crippen molar-refractivity contribution >= 4 is 17.3 Å². The monoisotopic (exact) mass is 443 g/mol. The van der Waals surface area contributed by atoms with Gasteiger partial charge in [0, 0.05) is 30.7 Å². The van der Waals surface area contributed by atoms with Crippen molar-refractivity contribution in [3.8, 4) is 5.82 Å². The molecule has 9 heteroatoms. The van der Waals surface area contributed by atoms with Gasteiger partial charge in [-0.1, -0.05) is 12.8 Å². The van der Waals surface area contributed by atoms with Crippen LogP contribution in [-0.2, 0) is 6.18 Å². The van der Waals surface area contributed by atoms with Crippen LogP contribution in [0.3, 0.4) is 0 Å². The highest BCUT2D eigenvalue weighted by Crippen LogP contribution is 2.29. The lowest BCUT2D eigenvalue weighted by molar-refractivity contribution is -0.137. The highest BCUT2D eigenvalue weighted by Gasteiger charge is 2.30. The first kappa shape index (κ1) is 21.9. The number of anilines is 2. The summed E-state index contributed by atoms with van der Waals surface area (Å²) in [6.45, 7) is 3.76. The molecule has 0 spiro atoms. The van der Waals surface area contributed by atoms with Crippen LogP contribution in [0.1, 0.15) is 47.3 Å². The van der Waals surface area contributed by atoms with Gasteiger partial charge >= 0.3 is 6.18 Å². The zero-order valence-electron chi connectivity index (χ0n) is 17.7. The molecule has 0 unspecified atom stereocenters. The van der Waals surface area contributed by atoms with Gasteiger partial charge in [0.25, 0.3) is 5.91 Å². The Morgan fingerprint density at radius 1 is 0.969 bits per heavy atom. The summed E-state index contributed by atoms with van der Waals surface area (Å²) in [5.41, 5.74) is 1.77. The Hall–Kier alpha value is -3.36. The van der Waals surface area contributed by atoms with Crippen LogP contribution in [0.5, 0.6) is 0 Å². The summed E-state index contributed by atoms with van der Waals surface area (Å²) < 4.78 is 39.6. The Labute approximate surface area is 184 Å². The van der Waals surface area contributed by atoms with Gasteiger partial charge in [0.05, 0.1) is 23.0 Å². The van der Waals surface area contributed by atoms with Gasteiger partial charge < -0.3 is 10.2 Å². The molecule has 1 aliphatic rings. The predicted molar refractivity (Wildman–Crippen MR) is 116 cm³/mol. The fraction of sp³-hybridized carbons (Fsp3) is 0.348. The Morgan fingerprint density at radius 2 is 1.66 bits per heavy atom. The highest BCUT2D eigenvalue weighted by molar-refractivity contribution is 6.05. The fourth-order valence-corrected chi connectivity index (χ4v) is 3.83. The van der Waals surface area contributed by atoms with E-state index < -0.39 is 11.7 Å². The molecule has 3 aromatic rings. The SMILES string of the molecule is Cc1c(C(=O)Nc2ccc(N3CCCCCC3)cc2)cnn1-c1ccc(C(F)(F)F)cn1. The molecule has 1 saturated heterocycles. The van der Waals surface area contributed by atoms with E-state index in [0.717, 1.165) is 31.0 Å². The van der Waals surface area contributed by atoms with Crippen LogP contribution >= 0.6 is 0 Å². The van der Waals surface area contributed by atoms with Crippen LogP contribution in [0.25, 0.3) is 5.82 Å². The molecule has 6 nitrogen and oxygen atoms in total. The lowest BCUT2D eigenvalue weighted by Gasteiger charge is -2.22. The summed E-state index contributed by atoms with van der Waals surface area (Å²) in [6.07, 6.45) is 2.58. The van der Waals surface area contributed by atoms with E-state index in [-0.39, 0.29) is 11.7 Å². The smallest absolute Gasteiger partial charge is 0.372 e. The minimum Gasteiger partial charge on any atom is -0.372 e. The maximum Gasteiger partial charge on any atom is 0.417 e. The molecule has 1 aliphatic heterocycles. The van der Waals surface area contributed by atoms with Gasteiger partial charge in [-0.05, 0) is 56.2 Å². The van der Waals surface area contributed by atoms with E-state index in [2.05, 4.69) is 20.3 Å². The topological polar surface area (TPSA) is 63.1 Å². The molecule has 1 aromatic carbocycles. The lowest BCUT2D eigenvalue weighted by Crippen LogP contribution is -2.23. The standard InChI is InChI=1S/C23H24F3N5O/c1-16-20(15-28-31(16)21-11-6-17(14-27-21)23(24,25)26)22(32)29-18-7-9-19(10-8-18)30-12-4-2-3-5-13-30/h6-11,14-15H,2-5,12-13H2,1H3,(H,29,32). The number of halogens is 3. The number of aromatic nitrogens is 3. The second-order valence-electron chi connectivity index (χ2n) is 7.86. The van der Waals surface area contributed by atoms with Crippen molar-refractivity contribution in [2.24, 2.45) is 0 Å². The summed E-state index contributed by atoms with van der Waals surface area (Å²) in [4.78, 5) is 19.0. The molecule has 2 aromatic heterocycles. The number of pyridine rings is 1. The van der Waals surface area contributed by atoms with E-state index in [0.29, 0.717) is 16.9 Å². The zero-order chi connectivity index (χ0) is 22.7. The molecule has 0 saturated carbocycles. The van der Waals surface area contributed by atoms with Gasteiger partial charge in [0.15, 0.2) is 5.82 Å². The Kier molecular flexibility index (Phi) is 6.16. The predicted octanol–water partition coefficient (Wildman–Crippen LogP) is 5.23. The number of carbonyl (C=O) groups excluding carboxylic acids is 1. The molecule has 0 radical (unpaired) electrons. The Bertz CT molecular complexity index is 1070. The third-order valence-electron chi connectivity index (χ3n) is 5.64. The average molecular weight is 443 g/mol. The molecule has 32 heavy (non-hydrogen) atoms. The summed E-state index contributed by atoms with van der Waals surface area (Å²) in [5.74, 6) is -0.139. The molecule has 1 fully saturated rings. The normalized spacial score (nSPS) is 14.8. The number of rotatable bonds is 4. The van der Waals surface area contributed by atoms with Gasteiger partial charge in [-0.25, -0.2) is 9.67 Å². The van der Waals surface area contributed by atoms with Crippen molar-refractivity contribution in [2.75, 3.05) is 23.3 Å². The summed E-state index contributed by atoms with van der Waals surface area (Å²) in [7, 11) is 0. The first-order valence-electron chi connectivity index (χ1n) is 10.6. The number of nitrogens with zero attached hydrogens (tertiary/aromatic N) is 4. The third kappa shape index (κ3) is 4.76. The second kappa shape index (κ2) is 9.02. The van der Waals surface area contributed by atoms with Crippen molar-refractivity contribution in [2.45, 2.75) is 38.8 Å². The fourth-order valence-electron chi connectivity index (χ4n) is 3.83. The van der Waals surface area contributed by atoms with Crippen LogP contribution in [0, 0.1) is 6.92 Å². The molecule has 0 bridgehead atoms. The molecule has 0 atom stereocenters. The minimum absolute atomic E-state index is 0.205. The van der Waals surface area contributed by atoms with E-state index in [1.165, 1.54) is 42.6 Å². The van der Waals surface area contributed by atoms with E-state index >= 15 is 0 Å². The largest absolute Gasteiger partial charge is 0.417 e. The van der Waals surface area contributed by atoms with E-state index in [9.17, 15) is 18.0 Å². The van der Waals surface area contributed by atoms with Crippen LogP contribution in [0.4, 0.5) is 24.5 Å². The van der Waals surface area contributed by atoms with Crippen molar-refractivity contribution in [3.05, 3.63) is 65.6 Å². The van der Waals surface area contributed by atoms with Gasteiger partial charge in [0.2, 0.25) is 0 Å². The van der Waals surface area contributed by atoms with Crippen LogP contribution in [0.2, 0.25) is 0 Å². The molecular weight excluding hydrogens is 419 g/mol. The van der Waals surface area contributed by atoms with Gasteiger partial charge in [-0.15, -0.1) is 0 Å². The molecule has 1 N–H and O–H groups in total. The van der Waals surface area contributed by atoms with Gasteiger partial charge in [-0.3, -0.25) is 4.79 Å². The van der Waals surface area contributed by atoms with Crippen LogP contribution in [-0.4, -0.2) is 33.8 Å². The summed E-state index contributed by atoms with van der Waals surface area (Å²) >= 11 is 0. The van der Waals surface area contributed by atoms with E-state index in [4.69, 9.17) is 0 Å². The average Bonchev–Trinajstić information content (AvgIpc) is 2.97. The molecule has 0 aliphatic carbocycles. The maximum atomic E-state index is 12.8. The molecular formula is C23H24F3N5O. The summed E-state index contributed by atoms with van der Waals surface area (Å²) in [6, 6.07) is 9.92. The van der Waals surface area contributed by atoms with Crippen molar-refractivity contribution in [1.29, 1.82) is 0 Å². The molecule has 4 rings (SSSR count). The number of benzene rings is 1. The lowest BCUT2D eigenvalue weighted by atomic mass is 10.2. The Balaban J connectivity index is 1.45. The first-order chi connectivity index (χ1) is 15.3. The van der Waals surface area contributed by atoms with Crippen LogP contribution in [0.15, 0.2) is 48.8 Å². The van der Waals surface area contributed by atoms with Crippen molar-refractivity contribution in [1.82, 2.24) is 14.8 Å². The molecule has 168 valence electrons.